The number of imidazole rings is 2. The Labute approximate surface area is 315 Å². The van der Waals surface area contributed by atoms with Crippen LogP contribution >= 0.6 is 0 Å². The van der Waals surface area contributed by atoms with Gasteiger partial charge in [0.05, 0.1) is 41.6 Å². The summed E-state index contributed by atoms with van der Waals surface area (Å²) < 4.78 is 0. The number of carbonyl (C=O) groups is 2. The molecule has 7 rings (SSSR count). The minimum atomic E-state index is -0.411. The Hall–Kier alpha value is -5.98. The summed E-state index contributed by atoms with van der Waals surface area (Å²) in [5.41, 5.74) is 6.81. The Morgan fingerprint density at radius 2 is 1.31 bits per heavy atom. The van der Waals surface area contributed by atoms with Crippen LogP contribution < -0.4 is 5.32 Å². The first kappa shape index (κ1) is 36.4. The predicted octanol–water partition coefficient (Wildman–Crippen LogP) is 6.37. The number of amides is 2. The average molecular weight is 723 g/mol. The number of nitrogens with one attached hydrogen (secondary N) is 3. The number of H-pyrrole nitrogens is 2. The summed E-state index contributed by atoms with van der Waals surface area (Å²) in [4.78, 5) is 49.0. The number of aromatic amines is 2. The van der Waals surface area contributed by atoms with Crippen molar-refractivity contribution in [2.45, 2.75) is 43.9 Å². The molecule has 4 atom stereocenters. The average Bonchev–Trinajstić information content (AvgIpc) is 3.98. The van der Waals surface area contributed by atoms with E-state index in [1.165, 1.54) is 0 Å². The van der Waals surface area contributed by atoms with Crippen LogP contribution in [-0.4, -0.2) is 91.4 Å². The largest absolute Gasteiger partial charge is 0.345 e. The molecule has 0 saturated carbocycles. The molecule has 0 unspecified atom stereocenters. The third-order valence-electron chi connectivity index (χ3n) is 9.99. The summed E-state index contributed by atoms with van der Waals surface area (Å²) >= 11 is 0. The van der Waals surface area contributed by atoms with Crippen molar-refractivity contribution in [2.75, 3.05) is 34.7 Å². The molecule has 1 aliphatic rings. The molecule has 6 aromatic rings. The van der Waals surface area contributed by atoms with Crippen molar-refractivity contribution in [3.05, 3.63) is 132 Å². The van der Waals surface area contributed by atoms with Gasteiger partial charge < -0.3 is 20.2 Å². The minimum Gasteiger partial charge on any atom is -0.345 e. The molecule has 3 aromatic heterocycles. The normalized spacial score (nSPS) is 16.1. The van der Waals surface area contributed by atoms with Gasteiger partial charge >= 0.3 is 0 Å². The van der Waals surface area contributed by atoms with Crippen molar-refractivity contribution < 1.29 is 9.59 Å². The second-order valence-corrected chi connectivity index (χ2v) is 14.2. The van der Waals surface area contributed by atoms with E-state index in [2.05, 4.69) is 30.5 Å². The van der Waals surface area contributed by atoms with E-state index in [0.717, 1.165) is 58.0 Å². The summed E-state index contributed by atoms with van der Waals surface area (Å²) in [6.45, 7) is 2.61. The molecule has 3 aromatic carbocycles. The van der Waals surface area contributed by atoms with Crippen molar-refractivity contribution >= 4 is 11.8 Å². The van der Waals surface area contributed by atoms with Crippen LogP contribution in [0, 0.1) is 0 Å². The lowest BCUT2D eigenvalue weighted by atomic mass is 10.0. The topological polar surface area (TPSA) is 139 Å². The second kappa shape index (κ2) is 15.9. The molecule has 276 valence electrons. The fourth-order valence-corrected chi connectivity index (χ4v) is 7.24. The Kier molecular flexibility index (Phi) is 10.7. The molecule has 0 aliphatic carbocycles. The van der Waals surface area contributed by atoms with Crippen LogP contribution in [0.4, 0.5) is 0 Å². The SMILES string of the molecule is C[C@H](NC(=O)[C@@H](c1ccccc1)N(C)C)c1ncc(-c2ccc(-c3ccc(-c4cnc([C@H]5CCCN5C(=O)[C@@H](c5ccccc5)N(C)C)[nH]4)nn3)cc2)[nH]1. The number of aromatic nitrogens is 6. The van der Waals surface area contributed by atoms with E-state index >= 15 is 0 Å². The molecule has 4 heterocycles. The maximum Gasteiger partial charge on any atom is 0.245 e. The molecule has 2 amide bonds. The van der Waals surface area contributed by atoms with E-state index in [-0.39, 0.29) is 29.9 Å². The highest BCUT2D eigenvalue weighted by atomic mass is 16.2. The van der Waals surface area contributed by atoms with E-state index < -0.39 is 6.04 Å². The van der Waals surface area contributed by atoms with E-state index in [9.17, 15) is 9.59 Å². The molecule has 12 nitrogen and oxygen atoms in total. The predicted molar refractivity (Wildman–Crippen MR) is 209 cm³/mol. The number of carbonyl (C=O) groups excluding carboxylic acids is 2. The molecule has 54 heavy (non-hydrogen) atoms. The lowest BCUT2D eigenvalue weighted by Gasteiger charge is -2.31. The summed E-state index contributed by atoms with van der Waals surface area (Å²) in [7, 11) is 7.68. The molecule has 12 heteroatoms. The van der Waals surface area contributed by atoms with Crippen molar-refractivity contribution in [1.29, 1.82) is 0 Å². The van der Waals surface area contributed by atoms with Crippen LogP contribution in [0.2, 0.25) is 0 Å². The third-order valence-corrected chi connectivity index (χ3v) is 9.99. The maximum absolute atomic E-state index is 13.9. The van der Waals surface area contributed by atoms with Gasteiger partial charge in [-0.25, -0.2) is 9.97 Å². The van der Waals surface area contributed by atoms with E-state index in [4.69, 9.17) is 4.98 Å². The standard InChI is InChI=1S/C42H46N10O2/c1-27(45-41(53)37(50(2)3)30-13-8-6-9-14-30)39-43-25-34(46-39)29-20-18-28(19-21-29)32-22-23-33(49-48-32)35-26-44-40(47-35)36-17-12-24-52(36)42(54)38(51(4)5)31-15-10-7-11-16-31/h6-11,13-16,18-23,25-27,36-38H,12,17,24H2,1-5H3,(H,43,46)(H,44,47)(H,45,53)/t27-,36+,37+,38+/m0/s1. The van der Waals surface area contributed by atoms with Gasteiger partial charge in [0.15, 0.2) is 0 Å². The fraction of sp³-hybridized carbons (Fsp3) is 0.286. The van der Waals surface area contributed by atoms with Crippen molar-refractivity contribution in [1.82, 2.24) is 50.1 Å². The first-order valence-electron chi connectivity index (χ1n) is 18.3. The highest BCUT2D eigenvalue weighted by molar-refractivity contribution is 5.84. The van der Waals surface area contributed by atoms with Crippen LogP contribution in [0.25, 0.3) is 33.9 Å². The van der Waals surface area contributed by atoms with Crippen LogP contribution in [0.15, 0.2) is 109 Å². The molecule has 0 bridgehead atoms. The van der Waals surface area contributed by atoms with E-state index in [1.54, 1.807) is 12.4 Å². The summed E-state index contributed by atoms with van der Waals surface area (Å²) in [5, 5.41) is 12.2. The van der Waals surface area contributed by atoms with Gasteiger partial charge in [0.2, 0.25) is 11.8 Å². The van der Waals surface area contributed by atoms with Crippen LogP contribution in [0.1, 0.15) is 66.7 Å². The minimum absolute atomic E-state index is 0.0747. The molecule has 3 N–H and O–H groups in total. The number of rotatable bonds is 12. The van der Waals surface area contributed by atoms with Gasteiger partial charge in [-0.1, -0.05) is 84.9 Å². The maximum atomic E-state index is 13.9. The Balaban J connectivity index is 0.992. The van der Waals surface area contributed by atoms with Gasteiger partial charge in [-0.3, -0.25) is 19.4 Å². The number of likely N-dealkylation sites (N-methyl/N-ethyl adjacent to an activating group) is 2. The summed E-state index contributed by atoms with van der Waals surface area (Å²) in [6.07, 6.45) is 5.31. The number of nitrogens with zero attached hydrogens (tertiary/aromatic N) is 7. The Morgan fingerprint density at radius 1 is 0.722 bits per heavy atom. The van der Waals surface area contributed by atoms with Crippen molar-refractivity contribution in [2.24, 2.45) is 0 Å². The van der Waals surface area contributed by atoms with Gasteiger partial charge in [0, 0.05) is 12.1 Å². The highest BCUT2D eigenvalue weighted by Crippen LogP contribution is 2.35. The first-order valence-corrected chi connectivity index (χ1v) is 18.3. The number of hydrogen-bond donors (Lipinski definition) is 3. The lowest BCUT2D eigenvalue weighted by molar-refractivity contribution is -0.137. The van der Waals surface area contributed by atoms with Gasteiger partial charge in [-0.2, -0.15) is 0 Å². The Bertz CT molecular complexity index is 2160. The molecule has 0 spiro atoms. The quantitative estimate of drug-likeness (QED) is 0.133. The number of benzene rings is 3. The monoisotopic (exact) mass is 722 g/mol. The first-order chi connectivity index (χ1) is 26.2. The van der Waals surface area contributed by atoms with E-state index in [0.29, 0.717) is 18.1 Å². The summed E-state index contributed by atoms with van der Waals surface area (Å²) in [6, 6.07) is 30.3. The third kappa shape index (κ3) is 7.71. The zero-order chi connectivity index (χ0) is 37.8. The van der Waals surface area contributed by atoms with Gasteiger partial charge in [-0.05, 0) is 76.8 Å². The second-order valence-electron chi connectivity index (χ2n) is 14.2. The molecule has 0 radical (unpaired) electrons. The van der Waals surface area contributed by atoms with Crippen LogP contribution in [-0.2, 0) is 9.59 Å². The summed E-state index contributed by atoms with van der Waals surface area (Å²) in [5.74, 6) is 1.41. The van der Waals surface area contributed by atoms with Crippen LogP contribution in [0.3, 0.4) is 0 Å². The highest BCUT2D eigenvalue weighted by Gasteiger charge is 2.37. The molecule has 1 fully saturated rings. The van der Waals surface area contributed by atoms with Gasteiger partial charge in [-0.15, -0.1) is 10.2 Å². The molecular formula is C42H46N10O2. The van der Waals surface area contributed by atoms with Crippen molar-refractivity contribution in [3.63, 3.8) is 0 Å². The molecule has 1 aliphatic heterocycles. The van der Waals surface area contributed by atoms with Crippen LogP contribution in [0.5, 0.6) is 0 Å². The zero-order valence-electron chi connectivity index (χ0n) is 31.3. The van der Waals surface area contributed by atoms with E-state index in [1.807, 2.05) is 147 Å². The van der Waals surface area contributed by atoms with Gasteiger partial charge in [0.25, 0.3) is 0 Å². The Morgan fingerprint density at radius 3 is 1.94 bits per heavy atom. The lowest BCUT2D eigenvalue weighted by Crippen LogP contribution is -2.40. The smallest absolute Gasteiger partial charge is 0.245 e. The number of hydrogen-bond acceptors (Lipinski definition) is 8. The fourth-order valence-electron chi connectivity index (χ4n) is 7.24. The molecule has 1 saturated heterocycles. The van der Waals surface area contributed by atoms with Gasteiger partial charge in [0.1, 0.15) is 29.4 Å². The zero-order valence-corrected chi connectivity index (χ0v) is 31.3. The number of likely N-dealkylation sites (tertiary alicyclic amines) is 1. The molecular weight excluding hydrogens is 677 g/mol. The van der Waals surface area contributed by atoms with Crippen molar-refractivity contribution in [3.8, 4) is 33.9 Å².